The molecule has 35 heavy (non-hydrogen) atoms. The molecule has 186 valence electrons. The molecule has 2 aromatic carbocycles. The van der Waals surface area contributed by atoms with Crippen LogP contribution in [0.4, 0.5) is 0 Å². The number of likely N-dealkylation sites (tertiary alicyclic amines) is 1. The number of halogens is 2. The summed E-state index contributed by atoms with van der Waals surface area (Å²) in [5, 5.41) is 11.5. The molecule has 1 atom stereocenters. The first kappa shape index (κ1) is 26.4. The zero-order chi connectivity index (χ0) is 25.9. The zero-order valence-corrected chi connectivity index (χ0v) is 21.2. The second-order valence-corrected chi connectivity index (χ2v) is 8.58. The minimum absolute atomic E-state index is 0.00216. The Balaban J connectivity index is 2.28. The second-order valence-electron chi connectivity index (χ2n) is 7.80. The predicted molar refractivity (Wildman–Crippen MR) is 131 cm³/mol. The van der Waals surface area contributed by atoms with Crippen LogP contribution in [0.15, 0.2) is 35.9 Å². The van der Waals surface area contributed by atoms with Crippen LogP contribution in [0, 0.1) is 0 Å². The lowest BCUT2D eigenvalue weighted by molar-refractivity contribution is -0.139. The van der Waals surface area contributed by atoms with Crippen LogP contribution in [0.5, 0.6) is 17.2 Å². The van der Waals surface area contributed by atoms with Gasteiger partial charge in [-0.05, 0) is 30.2 Å². The lowest BCUT2D eigenvalue weighted by Crippen LogP contribution is -2.30. The van der Waals surface area contributed by atoms with Crippen LogP contribution in [0.3, 0.4) is 0 Å². The number of amides is 1. The Morgan fingerprint density at radius 3 is 2.40 bits per heavy atom. The topological polar surface area (TPSA) is 102 Å². The molecule has 0 aromatic heterocycles. The normalized spacial score (nSPS) is 17.0. The number of unbranched alkanes of at least 4 members (excludes halogenated alkanes) is 1. The number of Topliss-reactive ketones (excluding diaryl/α,β-unsaturated/α-hetero) is 1. The largest absolute Gasteiger partial charge is 0.507 e. The Morgan fingerprint density at radius 1 is 1.11 bits per heavy atom. The van der Waals surface area contributed by atoms with E-state index in [0.29, 0.717) is 12.0 Å². The third-order valence-electron chi connectivity index (χ3n) is 5.52. The number of hydrogen-bond acceptors (Lipinski definition) is 7. The number of carbonyl (C=O) groups is 3. The highest BCUT2D eigenvalue weighted by atomic mass is 35.5. The van der Waals surface area contributed by atoms with E-state index in [9.17, 15) is 19.5 Å². The average Bonchev–Trinajstić information content (AvgIpc) is 3.06. The number of hydrogen-bond donors (Lipinski definition) is 1. The van der Waals surface area contributed by atoms with Crippen molar-refractivity contribution in [3.05, 3.63) is 57.1 Å². The van der Waals surface area contributed by atoms with Gasteiger partial charge in [0.2, 0.25) is 0 Å². The van der Waals surface area contributed by atoms with Crippen molar-refractivity contribution in [3.63, 3.8) is 0 Å². The molecule has 1 fully saturated rings. The Labute approximate surface area is 213 Å². The van der Waals surface area contributed by atoms with Gasteiger partial charge in [0.05, 0.1) is 36.4 Å². The van der Waals surface area contributed by atoms with Crippen LogP contribution in [0.25, 0.3) is 5.76 Å². The molecule has 8 nitrogen and oxygen atoms in total. The van der Waals surface area contributed by atoms with Crippen LogP contribution in [0.1, 0.15) is 43.9 Å². The van der Waals surface area contributed by atoms with Gasteiger partial charge in [0, 0.05) is 13.5 Å². The van der Waals surface area contributed by atoms with Gasteiger partial charge < -0.3 is 24.2 Å². The van der Waals surface area contributed by atoms with Gasteiger partial charge in [0.25, 0.3) is 11.7 Å². The Bertz CT molecular complexity index is 1210. The molecule has 1 amide bonds. The molecule has 1 heterocycles. The van der Waals surface area contributed by atoms with Crippen LogP contribution in [-0.2, 0) is 14.4 Å². The molecular weight excluding hydrogens is 497 g/mol. The molecule has 1 saturated heterocycles. The molecule has 1 unspecified atom stereocenters. The smallest absolute Gasteiger partial charge is 0.308 e. The van der Waals surface area contributed by atoms with Crippen LogP contribution in [-0.4, -0.2) is 48.4 Å². The minimum atomic E-state index is -0.943. The number of aliphatic hydroxyl groups is 1. The minimum Gasteiger partial charge on any atom is -0.507 e. The fourth-order valence-electron chi connectivity index (χ4n) is 3.99. The molecule has 3 rings (SSSR count). The number of methoxy groups -OCH3 is 2. The first-order valence-corrected chi connectivity index (χ1v) is 11.6. The van der Waals surface area contributed by atoms with Crippen LogP contribution < -0.4 is 14.2 Å². The quantitative estimate of drug-likeness (QED) is 0.168. The van der Waals surface area contributed by atoms with Gasteiger partial charge in [-0.1, -0.05) is 48.7 Å². The van der Waals surface area contributed by atoms with Crippen molar-refractivity contribution in [3.8, 4) is 17.2 Å². The second kappa shape index (κ2) is 11.0. The fourth-order valence-corrected chi connectivity index (χ4v) is 4.68. The van der Waals surface area contributed by atoms with E-state index in [2.05, 4.69) is 0 Å². The number of rotatable bonds is 8. The summed E-state index contributed by atoms with van der Waals surface area (Å²) in [6, 6.07) is 6.86. The molecule has 1 aliphatic heterocycles. The molecule has 0 saturated carbocycles. The summed E-state index contributed by atoms with van der Waals surface area (Å²) in [5.41, 5.74) is 0.338. The molecule has 0 bridgehead atoms. The fraction of sp³-hybridized carbons (Fsp3) is 0.320. The summed E-state index contributed by atoms with van der Waals surface area (Å²) in [4.78, 5) is 39.1. The van der Waals surface area contributed by atoms with Gasteiger partial charge in [0.15, 0.2) is 11.5 Å². The van der Waals surface area contributed by atoms with Gasteiger partial charge in [-0.25, -0.2) is 0 Å². The summed E-state index contributed by atoms with van der Waals surface area (Å²) >= 11 is 12.7. The van der Waals surface area contributed by atoms with Crippen molar-refractivity contribution < 1.29 is 33.7 Å². The van der Waals surface area contributed by atoms with E-state index in [4.69, 9.17) is 37.4 Å². The number of carbonyl (C=O) groups excluding carboxylic acids is 3. The first-order valence-electron chi connectivity index (χ1n) is 10.8. The van der Waals surface area contributed by atoms with E-state index in [1.807, 2.05) is 6.92 Å². The summed E-state index contributed by atoms with van der Waals surface area (Å²) in [7, 11) is 2.71. The number of aliphatic hydroxyl groups excluding tert-OH is 1. The zero-order valence-electron chi connectivity index (χ0n) is 19.7. The van der Waals surface area contributed by atoms with Crippen molar-refractivity contribution in [2.75, 3.05) is 20.8 Å². The van der Waals surface area contributed by atoms with Crippen LogP contribution >= 0.6 is 23.2 Å². The average molecular weight is 522 g/mol. The summed E-state index contributed by atoms with van der Waals surface area (Å²) in [6.07, 6.45) is 1.41. The molecule has 10 heteroatoms. The van der Waals surface area contributed by atoms with Crippen molar-refractivity contribution in [1.82, 2.24) is 4.90 Å². The maximum atomic E-state index is 13.2. The van der Waals surface area contributed by atoms with Gasteiger partial charge >= 0.3 is 5.97 Å². The number of ether oxygens (including phenoxy) is 3. The van der Waals surface area contributed by atoms with E-state index in [1.54, 1.807) is 24.3 Å². The molecule has 0 radical (unpaired) electrons. The van der Waals surface area contributed by atoms with Crippen molar-refractivity contribution >= 4 is 46.6 Å². The predicted octanol–water partition coefficient (Wildman–Crippen LogP) is 5.16. The maximum Gasteiger partial charge on any atom is 0.308 e. The Hall–Kier alpha value is -3.23. The third-order valence-corrected chi connectivity index (χ3v) is 6.15. The first-order chi connectivity index (χ1) is 16.7. The van der Waals surface area contributed by atoms with Gasteiger partial charge in [-0.3, -0.25) is 14.4 Å². The maximum absolute atomic E-state index is 13.2. The van der Waals surface area contributed by atoms with Gasteiger partial charge in [0.1, 0.15) is 16.5 Å². The van der Waals surface area contributed by atoms with E-state index in [0.717, 1.165) is 6.42 Å². The number of benzene rings is 2. The Kier molecular flexibility index (Phi) is 8.30. The molecule has 0 spiro atoms. The number of nitrogens with zero attached hydrogens (tertiary/aromatic N) is 1. The molecular formula is C25H25Cl2NO7. The van der Waals surface area contributed by atoms with Crippen LogP contribution in [0.2, 0.25) is 10.0 Å². The van der Waals surface area contributed by atoms with Crippen molar-refractivity contribution in [2.24, 2.45) is 0 Å². The lowest BCUT2D eigenvalue weighted by Gasteiger charge is -2.25. The molecule has 0 aliphatic carbocycles. The lowest BCUT2D eigenvalue weighted by atomic mass is 9.94. The highest BCUT2D eigenvalue weighted by Gasteiger charge is 2.46. The highest BCUT2D eigenvalue weighted by Crippen LogP contribution is 2.47. The molecule has 1 N–H and O–H groups in total. The summed E-state index contributed by atoms with van der Waals surface area (Å²) in [6.45, 7) is 3.50. The van der Waals surface area contributed by atoms with E-state index < -0.39 is 29.5 Å². The van der Waals surface area contributed by atoms with E-state index >= 15 is 0 Å². The molecule has 2 aromatic rings. The standard InChI is InChI=1S/C25H25Cl2NO7/c1-5-6-10-28-20(14-8-7-9-15(11-14)35-13(2)29)18(22(31)25(28)32)21(30)16-12-17(26)24(34-4)19(27)23(16)33-3/h7-9,11-12,20,30H,5-6,10H2,1-4H3/b21-18+. The van der Waals surface area contributed by atoms with Crippen molar-refractivity contribution in [1.29, 1.82) is 0 Å². The van der Waals surface area contributed by atoms with E-state index in [-0.39, 0.29) is 45.0 Å². The Morgan fingerprint density at radius 2 is 1.80 bits per heavy atom. The molecule has 1 aliphatic rings. The highest BCUT2D eigenvalue weighted by molar-refractivity contribution is 6.47. The monoisotopic (exact) mass is 521 g/mol. The summed E-state index contributed by atoms with van der Waals surface area (Å²) in [5.74, 6) is -2.25. The summed E-state index contributed by atoms with van der Waals surface area (Å²) < 4.78 is 15.8. The SMILES string of the molecule is CCCCN1C(=O)C(=O)/C(=C(/O)c2cc(Cl)c(OC)c(Cl)c2OC)C1c1cccc(OC(C)=O)c1. The van der Waals surface area contributed by atoms with Crippen molar-refractivity contribution in [2.45, 2.75) is 32.7 Å². The number of esters is 1. The van der Waals surface area contributed by atoms with E-state index in [1.165, 1.54) is 32.1 Å². The van der Waals surface area contributed by atoms with Gasteiger partial charge in [-0.2, -0.15) is 0 Å². The third kappa shape index (κ3) is 5.09. The van der Waals surface area contributed by atoms with Gasteiger partial charge in [-0.15, -0.1) is 0 Å². The number of ketones is 1.